The largest absolute Gasteiger partial charge is 0.380 e. The number of aryl methyl sites for hydroxylation is 1. The first-order valence-corrected chi connectivity index (χ1v) is 7.65. The minimum absolute atomic E-state index is 0.203. The second-order valence-electron chi connectivity index (χ2n) is 4.38. The van der Waals surface area contributed by atoms with Crippen LogP contribution >= 0.6 is 22.9 Å². The molecule has 1 aromatic heterocycles. The molecule has 0 bridgehead atoms. The van der Waals surface area contributed by atoms with Crippen LogP contribution in [0, 0.1) is 6.92 Å². The van der Waals surface area contributed by atoms with Crippen LogP contribution in [0.25, 0.3) is 10.2 Å². The fraction of sp³-hybridized carbons (Fsp3) is 0.429. The first-order valence-electron chi connectivity index (χ1n) is 6.46. The predicted octanol–water partition coefficient (Wildman–Crippen LogP) is 3.15. The van der Waals surface area contributed by atoms with Gasteiger partial charge >= 0.3 is 0 Å². The summed E-state index contributed by atoms with van der Waals surface area (Å²) < 4.78 is 8.49. The Labute approximate surface area is 126 Å². The van der Waals surface area contributed by atoms with Crippen LogP contribution in [0.15, 0.2) is 17.1 Å². The van der Waals surface area contributed by atoms with E-state index in [-0.39, 0.29) is 5.91 Å². The lowest BCUT2D eigenvalue weighted by atomic mass is 10.2. The molecule has 1 amide bonds. The van der Waals surface area contributed by atoms with Crippen molar-refractivity contribution < 1.29 is 9.53 Å². The van der Waals surface area contributed by atoms with Crippen molar-refractivity contribution >= 4 is 39.1 Å². The van der Waals surface area contributed by atoms with Crippen molar-refractivity contribution in [2.45, 2.75) is 27.3 Å². The molecule has 0 saturated carbocycles. The van der Waals surface area contributed by atoms with E-state index >= 15 is 0 Å². The van der Waals surface area contributed by atoms with Crippen LogP contribution < -0.4 is 4.80 Å². The summed E-state index contributed by atoms with van der Waals surface area (Å²) >= 11 is 7.69. The summed E-state index contributed by atoms with van der Waals surface area (Å²) in [6.45, 7) is 7.30. The zero-order chi connectivity index (χ0) is 14.7. The Balaban J connectivity index is 2.63. The smallest absolute Gasteiger partial charge is 0.245 e. The van der Waals surface area contributed by atoms with Gasteiger partial charge in [0.05, 0.1) is 16.8 Å². The van der Waals surface area contributed by atoms with Crippen molar-refractivity contribution in [1.82, 2.24) is 4.57 Å². The Morgan fingerprint density at radius 1 is 1.50 bits per heavy atom. The normalized spacial score (nSPS) is 12.3. The van der Waals surface area contributed by atoms with Crippen molar-refractivity contribution in [2.24, 2.45) is 4.99 Å². The van der Waals surface area contributed by atoms with Gasteiger partial charge in [-0.05, 0) is 31.5 Å². The maximum atomic E-state index is 11.3. The van der Waals surface area contributed by atoms with Crippen molar-refractivity contribution in [3.05, 3.63) is 27.5 Å². The Morgan fingerprint density at radius 3 is 2.90 bits per heavy atom. The fourth-order valence-electron chi connectivity index (χ4n) is 2.04. The molecule has 1 heterocycles. The van der Waals surface area contributed by atoms with Gasteiger partial charge < -0.3 is 9.30 Å². The molecule has 2 rings (SSSR count). The lowest BCUT2D eigenvalue weighted by Crippen LogP contribution is -2.19. The molecule has 0 aliphatic carbocycles. The topological polar surface area (TPSA) is 43.6 Å². The van der Waals surface area contributed by atoms with Gasteiger partial charge in [-0.2, -0.15) is 4.99 Å². The van der Waals surface area contributed by atoms with Crippen LogP contribution in [0.3, 0.4) is 0 Å². The summed E-state index contributed by atoms with van der Waals surface area (Å²) in [7, 11) is 0. The molecule has 20 heavy (non-hydrogen) atoms. The second kappa shape index (κ2) is 6.52. The molecule has 4 nitrogen and oxygen atoms in total. The highest BCUT2D eigenvalue weighted by atomic mass is 35.5. The Bertz CT molecular complexity index is 703. The molecular formula is C14H17ClN2O2S. The molecule has 0 aliphatic heterocycles. The number of amides is 1. The molecule has 0 spiro atoms. The van der Waals surface area contributed by atoms with Gasteiger partial charge in [-0.3, -0.25) is 4.79 Å². The van der Waals surface area contributed by atoms with Gasteiger partial charge in [0.25, 0.3) is 0 Å². The number of fused-ring (bicyclic) bond motifs is 1. The van der Waals surface area contributed by atoms with Crippen LogP contribution in [0.4, 0.5) is 0 Å². The first kappa shape index (κ1) is 15.2. The predicted molar refractivity (Wildman–Crippen MR) is 82.3 cm³/mol. The van der Waals surface area contributed by atoms with Crippen molar-refractivity contribution in [3.63, 3.8) is 0 Å². The summed E-state index contributed by atoms with van der Waals surface area (Å²) in [6.07, 6.45) is 0. The van der Waals surface area contributed by atoms with E-state index in [1.54, 1.807) is 0 Å². The quantitative estimate of drug-likeness (QED) is 0.814. The highest BCUT2D eigenvalue weighted by Crippen LogP contribution is 2.27. The van der Waals surface area contributed by atoms with Gasteiger partial charge in [-0.15, -0.1) is 0 Å². The van der Waals surface area contributed by atoms with Crippen molar-refractivity contribution in [3.8, 4) is 0 Å². The van der Waals surface area contributed by atoms with E-state index in [2.05, 4.69) is 4.99 Å². The van der Waals surface area contributed by atoms with E-state index < -0.39 is 0 Å². The van der Waals surface area contributed by atoms with E-state index in [1.165, 1.54) is 18.3 Å². The molecule has 1 aromatic carbocycles. The van der Waals surface area contributed by atoms with E-state index in [0.717, 1.165) is 20.8 Å². The summed E-state index contributed by atoms with van der Waals surface area (Å²) in [5.41, 5.74) is 2.03. The number of rotatable bonds is 4. The van der Waals surface area contributed by atoms with Gasteiger partial charge in [0.15, 0.2) is 4.80 Å². The number of ether oxygens (including phenoxy) is 1. The third kappa shape index (κ3) is 3.11. The number of hydrogen-bond donors (Lipinski definition) is 0. The SMILES string of the molecule is CCOCCn1c(=NC(C)=O)sc2ccc(Cl)c(C)c21. The zero-order valence-corrected chi connectivity index (χ0v) is 13.3. The average Bonchev–Trinajstić information content (AvgIpc) is 2.72. The molecule has 0 fully saturated rings. The minimum Gasteiger partial charge on any atom is -0.380 e. The highest BCUT2D eigenvalue weighted by Gasteiger charge is 2.11. The van der Waals surface area contributed by atoms with Crippen LogP contribution in [0.2, 0.25) is 5.02 Å². The van der Waals surface area contributed by atoms with Crippen LogP contribution in [-0.4, -0.2) is 23.7 Å². The second-order valence-corrected chi connectivity index (χ2v) is 5.80. The maximum Gasteiger partial charge on any atom is 0.245 e. The number of aromatic nitrogens is 1. The first-order chi connectivity index (χ1) is 9.54. The standard InChI is InChI=1S/C14H17ClN2O2S/c1-4-19-8-7-17-13-9(2)11(15)5-6-12(13)20-14(17)16-10(3)18/h5-6H,4,7-8H2,1-3H3. The van der Waals surface area contributed by atoms with Crippen LogP contribution in [0.5, 0.6) is 0 Å². The Kier molecular flexibility index (Phi) is 4.96. The summed E-state index contributed by atoms with van der Waals surface area (Å²) in [5.74, 6) is -0.203. The van der Waals surface area contributed by atoms with Gasteiger partial charge in [-0.25, -0.2) is 0 Å². The number of carbonyl (C=O) groups is 1. The van der Waals surface area contributed by atoms with Gasteiger partial charge in [0.1, 0.15) is 0 Å². The third-order valence-electron chi connectivity index (χ3n) is 2.95. The summed E-state index contributed by atoms with van der Waals surface area (Å²) in [4.78, 5) is 16.1. The Morgan fingerprint density at radius 2 is 2.25 bits per heavy atom. The molecule has 0 unspecified atom stereocenters. The van der Waals surface area contributed by atoms with Gasteiger partial charge in [-0.1, -0.05) is 22.9 Å². The molecule has 0 aliphatic rings. The number of hydrogen-bond acceptors (Lipinski definition) is 3. The van der Waals surface area contributed by atoms with Crippen molar-refractivity contribution in [1.29, 1.82) is 0 Å². The molecule has 0 saturated heterocycles. The monoisotopic (exact) mass is 312 g/mol. The van der Waals surface area contributed by atoms with E-state index in [9.17, 15) is 4.79 Å². The minimum atomic E-state index is -0.203. The van der Waals surface area contributed by atoms with Crippen LogP contribution in [-0.2, 0) is 16.1 Å². The number of benzene rings is 1. The lowest BCUT2D eigenvalue weighted by molar-refractivity contribution is -0.116. The fourth-order valence-corrected chi connectivity index (χ4v) is 3.36. The van der Waals surface area contributed by atoms with Gasteiger partial charge in [0, 0.05) is 25.1 Å². The highest BCUT2D eigenvalue weighted by molar-refractivity contribution is 7.16. The molecule has 0 radical (unpaired) electrons. The average molecular weight is 313 g/mol. The molecule has 108 valence electrons. The number of halogens is 1. The molecule has 0 N–H and O–H groups in total. The number of nitrogens with zero attached hydrogens (tertiary/aromatic N) is 2. The molecule has 2 aromatic rings. The zero-order valence-electron chi connectivity index (χ0n) is 11.8. The summed E-state index contributed by atoms with van der Waals surface area (Å²) in [5, 5.41) is 0.717. The van der Waals surface area contributed by atoms with Crippen LogP contribution in [0.1, 0.15) is 19.4 Å². The summed E-state index contributed by atoms with van der Waals surface area (Å²) in [6, 6.07) is 3.84. The molecule has 0 atom stereocenters. The number of thiazole rings is 1. The lowest BCUT2D eigenvalue weighted by Gasteiger charge is -2.08. The Hall–Kier alpha value is -1.17. The molecular weight excluding hydrogens is 296 g/mol. The molecule has 6 heteroatoms. The van der Waals surface area contributed by atoms with E-state index in [4.69, 9.17) is 16.3 Å². The number of carbonyl (C=O) groups excluding carboxylic acids is 1. The van der Waals surface area contributed by atoms with E-state index in [0.29, 0.717) is 24.6 Å². The van der Waals surface area contributed by atoms with Crippen molar-refractivity contribution in [2.75, 3.05) is 13.2 Å². The van der Waals surface area contributed by atoms with Gasteiger partial charge in [0.2, 0.25) is 5.91 Å². The van der Waals surface area contributed by atoms with E-state index in [1.807, 2.05) is 30.5 Å². The maximum absolute atomic E-state index is 11.3. The third-order valence-corrected chi connectivity index (χ3v) is 4.40.